The molecule has 0 spiro atoms. The van der Waals surface area contributed by atoms with Crippen molar-refractivity contribution in [3.63, 3.8) is 0 Å². The van der Waals surface area contributed by atoms with E-state index in [9.17, 15) is 23.6 Å². The minimum atomic E-state index is -0.696. The van der Waals surface area contributed by atoms with Gasteiger partial charge in [-0.25, -0.2) is 4.39 Å². The molecule has 0 saturated heterocycles. The number of benzene rings is 2. The molecular weight excluding hydrogens is 353 g/mol. The molecule has 6 nitrogen and oxygen atoms in total. The lowest BCUT2D eigenvalue weighted by atomic mass is 10.1. The number of nitrogens with one attached hydrogen (secondary N) is 1. The van der Waals surface area contributed by atoms with Crippen molar-refractivity contribution in [2.45, 2.75) is 19.8 Å². The zero-order valence-electron chi connectivity index (χ0n) is 14.7. The summed E-state index contributed by atoms with van der Waals surface area (Å²) in [7, 11) is 0. The predicted octanol–water partition coefficient (Wildman–Crippen LogP) is 3.17. The van der Waals surface area contributed by atoms with Gasteiger partial charge < -0.3 is 10.1 Å². The Bertz CT molecular complexity index is 861. The number of esters is 1. The third-order valence-corrected chi connectivity index (χ3v) is 3.64. The first kappa shape index (κ1) is 20.0. The predicted molar refractivity (Wildman–Crippen MR) is 96.0 cm³/mol. The fraction of sp³-hybridized carbons (Fsp3) is 0.200. The molecule has 7 heteroatoms. The average Bonchev–Trinajstić information content (AvgIpc) is 2.65. The van der Waals surface area contributed by atoms with Gasteiger partial charge >= 0.3 is 5.97 Å². The standard InChI is InChI=1S/C20H18FNO5/c1-13(23)15-3-2-4-17(11-15)22-19(25)9-10-20(26)27-12-18(24)14-5-7-16(21)8-6-14/h2-8,11H,9-10,12H2,1H3,(H,22,25). The van der Waals surface area contributed by atoms with Crippen molar-refractivity contribution < 1.29 is 28.3 Å². The van der Waals surface area contributed by atoms with Gasteiger partial charge in [-0.3, -0.25) is 19.2 Å². The van der Waals surface area contributed by atoms with Crippen LogP contribution in [0.5, 0.6) is 0 Å². The van der Waals surface area contributed by atoms with Crippen LogP contribution in [0.15, 0.2) is 48.5 Å². The summed E-state index contributed by atoms with van der Waals surface area (Å²) in [6.07, 6.45) is -0.331. The molecule has 0 bridgehead atoms. The minimum absolute atomic E-state index is 0.125. The van der Waals surface area contributed by atoms with Crippen molar-refractivity contribution in [1.29, 1.82) is 0 Å². The average molecular weight is 371 g/mol. The largest absolute Gasteiger partial charge is 0.457 e. The number of hydrogen-bond acceptors (Lipinski definition) is 5. The monoisotopic (exact) mass is 371 g/mol. The lowest BCUT2D eigenvalue weighted by Crippen LogP contribution is -2.17. The Labute approximate surface area is 155 Å². The number of ether oxygens (including phenoxy) is 1. The van der Waals surface area contributed by atoms with Crippen LogP contribution in [0.25, 0.3) is 0 Å². The molecule has 2 aromatic rings. The molecule has 0 aromatic heterocycles. The summed E-state index contributed by atoms with van der Waals surface area (Å²) in [6, 6.07) is 11.3. The van der Waals surface area contributed by atoms with Gasteiger partial charge in [-0.1, -0.05) is 12.1 Å². The summed E-state index contributed by atoms with van der Waals surface area (Å²) < 4.78 is 17.6. The van der Waals surface area contributed by atoms with Crippen LogP contribution in [0.4, 0.5) is 10.1 Å². The van der Waals surface area contributed by atoms with E-state index in [2.05, 4.69) is 5.32 Å². The molecule has 0 aliphatic carbocycles. The Kier molecular flexibility index (Phi) is 6.93. The van der Waals surface area contributed by atoms with Gasteiger partial charge in [0.2, 0.25) is 5.91 Å². The number of carbonyl (C=O) groups excluding carboxylic acids is 4. The number of carbonyl (C=O) groups is 4. The van der Waals surface area contributed by atoms with E-state index in [4.69, 9.17) is 4.74 Å². The molecular formula is C20H18FNO5. The van der Waals surface area contributed by atoms with Gasteiger partial charge in [-0.2, -0.15) is 0 Å². The second-order valence-corrected chi connectivity index (χ2v) is 5.78. The zero-order chi connectivity index (χ0) is 19.8. The van der Waals surface area contributed by atoms with Crippen molar-refractivity contribution in [3.8, 4) is 0 Å². The quantitative estimate of drug-likeness (QED) is 0.569. The van der Waals surface area contributed by atoms with Gasteiger partial charge in [0.1, 0.15) is 5.82 Å². The summed E-state index contributed by atoms with van der Waals surface area (Å²) in [4.78, 5) is 46.7. The third kappa shape index (κ3) is 6.47. The van der Waals surface area contributed by atoms with Crippen LogP contribution in [0.1, 0.15) is 40.5 Å². The Morgan fingerprint density at radius 3 is 2.33 bits per heavy atom. The Balaban J connectivity index is 1.75. The molecule has 0 unspecified atom stereocenters. The lowest BCUT2D eigenvalue weighted by molar-refractivity contribution is -0.143. The molecule has 1 N–H and O–H groups in total. The molecule has 0 aliphatic rings. The van der Waals surface area contributed by atoms with Crippen molar-refractivity contribution in [1.82, 2.24) is 0 Å². The van der Waals surface area contributed by atoms with Crippen LogP contribution in [-0.2, 0) is 14.3 Å². The van der Waals surface area contributed by atoms with E-state index in [1.807, 2.05) is 0 Å². The number of rotatable bonds is 8. The van der Waals surface area contributed by atoms with E-state index in [1.165, 1.54) is 19.1 Å². The number of hydrogen-bond donors (Lipinski definition) is 1. The molecule has 2 aromatic carbocycles. The van der Waals surface area contributed by atoms with Crippen molar-refractivity contribution in [2.24, 2.45) is 0 Å². The van der Waals surface area contributed by atoms with Gasteiger partial charge in [-0.15, -0.1) is 0 Å². The van der Waals surface area contributed by atoms with Crippen molar-refractivity contribution >= 4 is 29.1 Å². The fourth-order valence-electron chi connectivity index (χ4n) is 2.19. The van der Waals surface area contributed by atoms with Gasteiger partial charge in [0, 0.05) is 23.2 Å². The Hall–Kier alpha value is -3.35. The molecule has 1 amide bonds. The second-order valence-electron chi connectivity index (χ2n) is 5.78. The number of ketones is 2. The van der Waals surface area contributed by atoms with E-state index < -0.39 is 30.1 Å². The molecule has 0 atom stereocenters. The van der Waals surface area contributed by atoms with Gasteiger partial charge in [0.25, 0.3) is 0 Å². The number of anilines is 1. The van der Waals surface area contributed by atoms with Crippen LogP contribution in [-0.4, -0.2) is 30.0 Å². The van der Waals surface area contributed by atoms with E-state index in [1.54, 1.807) is 24.3 Å². The number of amides is 1. The van der Waals surface area contributed by atoms with E-state index in [-0.39, 0.29) is 24.2 Å². The van der Waals surface area contributed by atoms with Crippen molar-refractivity contribution in [3.05, 3.63) is 65.5 Å². The molecule has 27 heavy (non-hydrogen) atoms. The summed E-state index contributed by atoms with van der Waals surface area (Å²) in [5, 5.41) is 2.59. The third-order valence-electron chi connectivity index (χ3n) is 3.64. The van der Waals surface area contributed by atoms with E-state index in [0.717, 1.165) is 12.1 Å². The first-order valence-electron chi connectivity index (χ1n) is 8.20. The molecule has 0 heterocycles. The molecule has 0 fully saturated rings. The van der Waals surface area contributed by atoms with Crippen LogP contribution in [0.2, 0.25) is 0 Å². The highest BCUT2D eigenvalue weighted by molar-refractivity contribution is 5.99. The SMILES string of the molecule is CC(=O)c1cccc(NC(=O)CCC(=O)OCC(=O)c2ccc(F)cc2)c1. The van der Waals surface area contributed by atoms with Crippen LogP contribution < -0.4 is 5.32 Å². The molecule has 2 rings (SSSR count). The van der Waals surface area contributed by atoms with Crippen molar-refractivity contribution in [2.75, 3.05) is 11.9 Å². The number of halogens is 1. The van der Waals surface area contributed by atoms with Crippen LogP contribution in [0.3, 0.4) is 0 Å². The van der Waals surface area contributed by atoms with Crippen LogP contribution >= 0.6 is 0 Å². The lowest BCUT2D eigenvalue weighted by Gasteiger charge is -2.07. The van der Waals surface area contributed by atoms with E-state index >= 15 is 0 Å². The second kappa shape index (κ2) is 9.38. The Morgan fingerprint density at radius 2 is 1.67 bits per heavy atom. The van der Waals surface area contributed by atoms with Gasteiger partial charge in [-0.05, 0) is 43.3 Å². The molecule has 0 aliphatic heterocycles. The van der Waals surface area contributed by atoms with Crippen LogP contribution in [0, 0.1) is 5.82 Å². The molecule has 0 radical (unpaired) electrons. The topological polar surface area (TPSA) is 89.5 Å². The Morgan fingerprint density at radius 1 is 0.963 bits per heavy atom. The highest BCUT2D eigenvalue weighted by Gasteiger charge is 2.12. The first-order chi connectivity index (χ1) is 12.8. The van der Waals surface area contributed by atoms with Gasteiger partial charge in [0.15, 0.2) is 18.2 Å². The smallest absolute Gasteiger partial charge is 0.306 e. The summed E-state index contributed by atoms with van der Waals surface area (Å²) in [6.45, 7) is 0.941. The normalized spacial score (nSPS) is 10.1. The maximum Gasteiger partial charge on any atom is 0.306 e. The highest BCUT2D eigenvalue weighted by atomic mass is 19.1. The summed E-state index contributed by atoms with van der Waals surface area (Å²) in [5.74, 6) is -2.17. The minimum Gasteiger partial charge on any atom is -0.457 e. The highest BCUT2D eigenvalue weighted by Crippen LogP contribution is 2.12. The fourth-order valence-corrected chi connectivity index (χ4v) is 2.19. The number of Topliss-reactive ketones (excluding diaryl/α,β-unsaturated/α-hetero) is 2. The molecule has 0 saturated carbocycles. The van der Waals surface area contributed by atoms with Gasteiger partial charge in [0.05, 0.1) is 6.42 Å². The first-order valence-corrected chi connectivity index (χ1v) is 8.20. The maximum atomic E-state index is 12.8. The maximum absolute atomic E-state index is 12.8. The zero-order valence-corrected chi connectivity index (χ0v) is 14.7. The summed E-state index contributed by atoms with van der Waals surface area (Å²) in [5.41, 5.74) is 1.14. The summed E-state index contributed by atoms with van der Waals surface area (Å²) >= 11 is 0. The van der Waals surface area contributed by atoms with E-state index in [0.29, 0.717) is 11.3 Å². The molecule has 140 valence electrons.